The standard InChI is InChI=1S/C68H104ClF3N12O12/c1-16-42(8)54-63(93)77(11)43(9)59(89)84-34-28-49(84)61(91)80(14)55(40(4)5)64(94)76(10)38-52(85)73-47(27-25-44-24-26-45(46(69)36-44)68(70,71)72)60(90)83-33-22-23-48(83)58(88)75-67(29-18-19-30-67)66(96)81(15)56(41(6)7)65(95)79(13)51(62(92)82-31-20-17-21-32-82)37-53(86)78(12)50(35-39(2)3)57(87)74-54/h24,26,36,39-43,47-51,54-56H,16-23,25,27-35,37-38H2,1-15H3,(H,73,85)(H,74,87)(H,75,88)/t42-,43-,47-,48-,49-,50-,51-,54-,55-,56-/m0/s1. The number of likely N-dealkylation sites (tertiary alicyclic amines) is 1. The molecule has 4 saturated heterocycles. The van der Waals surface area contributed by atoms with Gasteiger partial charge in [0.15, 0.2) is 0 Å². The lowest BCUT2D eigenvalue weighted by molar-refractivity contribution is -0.160. The van der Waals surface area contributed by atoms with E-state index in [2.05, 4.69) is 16.0 Å². The molecule has 0 bridgehead atoms. The second-order valence-electron chi connectivity index (χ2n) is 28.4. The molecule has 5 aliphatic rings. The Morgan fingerprint density at radius 3 is 1.80 bits per heavy atom. The number of nitrogens with zero attached hydrogens (tertiary/aromatic N) is 9. The molecule has 1 aliphatic carbocycles. The Morgan fingerprint density at radius 1 is 0.646 bits per heavy atom. The number of carbonyl (C=O) groups is 12. The van der Waals surface area contributed by atoms with Gasteiger partial charge in [-0.15, -0.1) is 0 Å². The lowest BCUT2D eigenvalue weighted by Gasteiger charge is -2.45. The van der Waals surface area contributed by atoms with Gasteiger partial charge in [-0.3, -0.25) is 57.5 Å². The number of piperidine rings is 1. The second kappa shape index (κ2) is 33.0. The zero-order valence-electron chi connectivity index (χ0n) is 58.8. The predicted molar refractivity (Wildman–Crippen MR) is 353 cm³/mol. The van der Waals surface area contributed by atoms with E-state index >= 15 is 14.4 Å². The van der Waals surface area contributed by atoms with E-state index in [-0.39, 0.29) is 69.5 Å². The topological polar surface area (TPSA) is 270 Å². The zero-order valence-corrected chi connectivity index (χ0v) is 59.6. The number of nitrogens with one attached hydrogen (secondary N) is 3. The minimum Gasteiger partial charge on any atom is -0.343 e. The predicted octanol–water partition coefficient (Wildman–Crippen LogP) is 4.72. The van der Waals surface area contributed by atoms with Crippen molar-refractivity contribution in [1.82, 2.24) is 60.0 Å². The van der Waals surface area contributed by atoms with Gasteiger partial charge in [0.1, 0.15) is 59.9 Å². The Kier molecular flexibility index (Phi) is 26.8. The normalized spacial score (nSPS) is 27.4. The first-order valence-corrected chi connectivity index (χ1v) is 34.5. The highest BCUT2D eigenvalue weighted by Crippen LogP contribution is 2.37. The first-order chi connectivity index (χ1) is 44.9. The molecule has 0 unspecified atom stereocenters. The highest BCUT2D eigenvalue weighted by atomic mass is 35.5. The Labute approximate surface area is 568 Å². The third-order valence-corrected chi connectivity index (χ3v) is 20.7. The van der Waals surface area contributed by atoms with Crippen molar-refractivity contribution in [3.05, 3.63) is 34.3 Å². The Morgan fingerprint density at radius 2 is 1.25 bits per heavy atom. The SMILES string of the molecule is CC[C@H](C)[C@@H]1NC(=O)[C@H](CC(C)C)N(C)C(=O)C[C@@H](C(=O)N2CCCCC2)N(C)C(=O)[C@H](C(C)C)N(C)C(=O)C2(CCCC2)NC(=O)[C@@H]2CCCN2C(=O)[C@H](CCc2ccc(C(F)(F)F)c(Cl)c2)NC(=O)CN(C)C(=O)[C@H](C(C)C)N(C)C(=O)[C@@H]2CCN2C(=O)[C@H](C)N(C)C1=O. The van der Waals surface area contributed by atoms with Crippen molar-refractivity contribution < 1.29 is 70.7 Å². The number of fused-ring (bicyclic) bond motifs is 2. The molecule has 0 radical (unpaired) electrons. The summed E-state index contributed by atoms with van der Waals surface area (Å²) >= 11 is 6.12. The molecule has 12 amide bonds. The maximum absolute atomic E-state index is 15.4. The van der Waals surface area contributed by atoms with E-state index in [0.29, 0.717) is 51.6 Å². The largest absolute Gasteiger partial charge is 0.417 e. The monoisotopic (exact) mass is 1370 g/mol. The summed E-state index contributed by atoms with van der Waals surface area (Å²) < 4.78 is 41.4. The number of hydrogen-bond donors (Lipinski definition) is 3. The zero-order chi connectivity index (χ0) is 71.7. The summed E-state index contributed by atoms with van der Waals surface area (Å²) in [6.07, 6.45) is -0.910. The van der Waals surface area contributed by atoms with Crippen LogP contribution >= 0.6 is 11.6 Å². The van der Waals surface area contributed by atoms with Gasteiger partial charge in [-0.25, -0.2) is 0 Å². The second-order valence-corrected chi connectivity index (χ2v) is 28.8. The van der Waals surface area contributed by atoms with Gasteiger partial charge < -0.3 is 60.0 Å². The fourth-order valence-electron chi connectivity index (χ4n) is 14.2. The van der Waals surface area contributed by atoms with Crippen LogP contribution in [0.2, 0.25) is 5.02 Å². The lowest BCUT2D eigenvalue weighted by Crippen LogP contribution is -2.65. The number of likely N-dealkylation sites (N-methyl/N-ethyl adjacent to an activating group) is 6. The van der Waals surface area contributed by atoms with Crippen molar-refractivity contribution >= 4 is 82.5 Å². The quantitative estimate of drug-likeness (QED) is 0.287. The number of alkyl halides is 3. The van der Waals surface area contributed by atoms with E-state index in [0.717, 1.165) is 23.5 Å². The molecule has 536 valence electrons. The van der Waals surface area contributed by atoms with Crippen molar-refractivity contribution in [3.63, 3.8) is 0 Å². The molecule has 4 aliphatic heterocycles. The average Bonchev–Trinajstić information content (AvgIpc) is 0.993. The smallest absolute Gasteiger partial charge is 0.343 e. The molecule has 1 spiro atoms. The van der Waals surface area contributed by atoms with Crippen LogP contribution in [0.15, 0.2) is 18.2 Å². The fraction of sp³-hybridized carbons (Fsp3) is 0.735. The molecule has 3 N–H and O–H groups in total. The summed E-state index contributed by atoms with van der Waals surface area (Å²) in [6.45, 7) is 15.9. The number of aryl methyl sites for hydroxylation is 1. The minimum atomic E-state index is -4.76. The summed E-state index contributed by atoms with van der Waals surface area (Å²) in [7, 11) is 8.44. The molecule has 4 heterocycles. The summed E-state index contributed by atoms with van der Waals surface area (Å²) in [5.74, 6) is -9.70. The summed E-state index contributed by atoms with van der Waals surface area (Å²) in [4.78, 5) is 189. The Bertz CT molecular complexity index is 3050. The average molecular weight is 1370 g/mol. The minimum absolute atomic E-state index is 0.0268. The third kappa shape index (κ3) is 17.8. The molecule has 10 atom stereocenters. The van der Waals surface area contributed by atoms with Gasteiger partial charge in [0.25, 0.3) is 0 Å². The molecule has 1 aromatic carbocycles. The Balaban J connectivity index is 1.42. The number of benzene rings is 1. The van der Waals surface area contributed by atoms with Crippen LogP contribution in [0.1, 0.15) is 163 Å². The van der Waals surface area contributed by atoms with Crippen LogP contribution in [0.4, 0.5) is 13.2 Å². The van der Waals surface area contributed by atoms with Crippen LogP contribution in [-0.2, 0) is 70.1 Å². The highest BCUT2D eigenvalue weighted by Gasteiger charge is 2.51. The van der Waals surface area contributed by atoms with E-state index in [1.807, 2.05) is 20.8 Å². The first-order valence-electron chi connectivity index (χ1n) is 34.2. The van der Waals surface area contributed by atoms with E-state index < -0.39 is 178 Å². The maximum atomic E-state index is 15.4. The van der Waals surface area contributed by atoms with Crippen LogP contribution in [0.25, 0.3) is 0 Å². The molecule has 5 fully saturated rings. The van der Waals surface area contributed by atoms with Gasteiger partial charge in [0.2, 0.25) is 70.9 Å². The molecular weight excluding hydrogens is 1270 g/mol. The van der Waals surface area contributed by atoms with E-state index in [1.54, 1.807) is 39.5 Å². The molecule has 1 aromatic rings. The van der Waals surface area contributed by atoms with Crippen LogP contribution in [0.3, 0.4) is 0 Å². The fourth-order valence-corrected chi connectivity index (χ4v) is 14.5. The van der Waals surface area contributed by atoms with Crippen molar-refractivity contribution in [1.29, 1.82) is 0 Å². The van der Waals surface area contributed by atoms with Gasteiger partial charge in [-0.1, -0.05) is 92.3 Å². The first kappa shape index (κ1) is 77.9. The van der Waals surface area contributed by atoms with Crippen molar-refractivity contribution in [2.24, 2.45) is 23.7 Å². The Hall–Kier alpha value is -7.06. The van der Waals surface area contributed by atoms with Gasteiger partial charge in [0.05, 0.1) is 23.6 Å². The van der Waals surface area contributed by atoms with Gasteiger partial charge in [-0.2, -0.15) is 13.2 Å². The van der Waals surface area contributed by atoms with Crippen LogP contribution < -0.4 is 16.0 Å². The van der Waals surface area contributed by atoms with Crippen LogP contribution in [0.5, 0.6) is 0 Å². The van der Waals surface area contributed by atoms with Crippen LogP contribution in [0, 0.1) is 23.7 Å². The molecular formula is C68H104ClF3N12O12. The van der Waals surface area contributed by atoms with Crippen LogP contribution in [-0.4, -0.2) is 250 Å². The highest BCUT2D eigenvalue weighted by molar-refractivity contribution is 6.31. The van der Waals surface area contributed by atoms with Gasteiger partial charge >= 0.3 is 6.18 Å². The molecule has 6 rings (SSSR count). The van der Waals surface area contributed by atoms with Crippen molar-refractivity contribution in [2.75, 3.05) is 75.0 Å². The number of rotatable bonds is 10. The number of carbonyl (C=O) groups excluding carboxylic acids is 12. The number of amides is 12. The van der Waals surface area contributed by atoms with Gasteiger partial charge in [-0.05, 0) is 119 Å². The number of halogens is 4. The van der Waals surface area contributed by atoms with Crippen molar-refractivity contribution in [3.8, 4) is 0 Å². The summed E-state index contributed by atoms with van der Waals surface area (Å²) in [6, 6.07) is -7.99. The maximum Gasteiger partial charge on any atom is 0.417 e. The molecule has 1 saturated carbocycles. The molecule has 28 heteroatoms. The van der Waals surface area contributed by atoms with Gasteiger partial charge in [0, 0.05) is 68.5 Å². The third-order valence-electron chi connectivity index (χ3n) is 20.4. The van der Waals surface area contributed by atoms with E-state index in [4.69, 9.17) is 11.6 Å². The lowest BCUT2D eigenvalue weighted by atomic mass is 9.91. The molecule has 0 aromatic heterocycles. The molecule has 24 nitrogen and oxygen atoms in total. The van der Waals surface area contributed by atoms with E-state index in [1.165, 1.54) is 89.6 Å². The summed E-state index contributed by atoms with van der Waals surface area (Å²) in [5, 5.41) is 8.06. The number of hydrogen-bond acceptors (Lipinski definition) is 12. The summed E-state index contributed by atoms with van der Waals surface area (Å²) in [5.41, 5.74) is -2.37. The van der Waals surface area contributed by atoms with E-state index in [9.17, 15) is 56.3 Å². The molecule has 96 heavy (non-hydrogen) atoms. The van der Waals surface area contributed by atoms with Crippen molar-refractivity contribution in [2.45, 2.75) is 225 Å².